The van der Waals surface area contributed by atoms with E-state index in [1.807, 2.05) is 24.0 Å². The quantitative estimate of drug-likeness (QED) is 0.785. The molecular formula is C11H20N4. The van der Waals surface area contributed by atoms with Crippen molar-refractivity contribution in [2.75, 3.05) is 18.4 Å². The monoisotopic (exact) mass is 208 g/mol. The molecule has 1 aliphatic heterocycles. The molecule has 84 valence electrons. The highest BCUT2D eigenvalue weighted by Crippen LogP contribution is 2.15. The third kappa shape index (κ3) is 2.72. The number of nitrogens with one attached hydrogen (secondary N) is 2. The third-order valence-corrected chi connectivity index (χ3v) is 3.15. The zero-order valence-corrected chi connectivity index (χ0v) is 9.53. The third-order valence-electron chi connectivity index (χ3n) is 3.15. The van der Waals surface area contributed by atoms with Gasteiger partial charge in [-0.1, -0.05) is 6.92 Å². The van der Waals surface area contributed by atoms with Crippen molar-refractivity contribution in [2.45, 2.75) is 25.8 Å². The molecule has 1 aliphatic rings. The van der Waals surface area contributed by atoms with Gasteiger partial charge in [-0.2, -0.15) is 5.10 Å². The Labute approximate surface area is 91.1 Å². The van der Waals surface area contributed by atoms with E-state index in [-0.39, 0.29) is 0 Å². The number of aromatic nitrogens is 2. The van der Waals surface area contributed by atoms with Gasteiger partial charge in [0.05, 0.1) is 0 Å². The van der Waals surface area contributed by atoms with Crippen LogP contribution in [0.2, 0.25) is 0 Å². The maximum atomic E-state index is 4.30. The van der Waals surface area contributed by atoms with Gasteiger partial charge < -0.3 is 10.6 Å². The molecule has 0 amide bonds. The molecule has 0 aliphatic carbocycles. The molecule has 2 N–H and O–H groups in total. The standard InChI is InChI=1S/C11H20N4/c1-9-4-3-6-12-10(9)8-13-11-5-7-15(2)14-11/h5,7,9-10,12H,3-4,6,8H2,1-2H3,(H,13,14). The molecule has 4 heteroatoms. The topological polar surface area (TPSA) is 41.9 Å². The van der Waals surface area contributed by atoms with Gasteiger partial charge in [0, 0.05) is 31.9 Å². The average Bonchev–Trinajstić information content (AvgIpc) is 2.63. The number of hydrogen-bond donors (Lipinski definition) is 2. The maximum Gasteiger partial charge on any atom is 0.148 e. The Hall–Kier alpha value is -1.03. The first kappa shape index (κ1) is 10.5. The van der Waals surface area contributed by atoms with Gasteiger partial charge in [-0.15, -0.1) is 0 Å². The summed E-state index contributed by atoms with van der Waals surface area (Å²) in [5.41, 5.74) is 0. The molecule has 1 fully saturated rings. The van der Waals surface area contributed by atoms with Gasteiger partial charge >= 0.3 is 0 Å². The summed E-state index contributed by atoms with van der Waals surface area (Å²) in [7, 11) is 1.94. The Morgan fingerprint density at radius 2 is 2.53 bits per heavy atom. The Morgan fingerprint density at radius 1 is 1.67 bits per heavy atom. The molecular weight excluding hydrogens is 188 g/mol. The molecule has 0 aromatic carbocycles. The number of hydrogen-bond acceptors (Lipinski definition) is 3. The number of nitrogens with zero attached hydrogens (tertiary/aromatic N) is 2. The summed E-state index contributed by atoms with van der Waals surface area (Å²) < 4.78 is 1.82. The fourth-order valence-electron chi connectivity index (χ4n) is 2.11. The Balaban J connectivity index is 1.81. The van der Waals surface area contributed by atoms with Crippen LogP contribution < -0.4 is 10.6 Å². The number of anilines is 1. The van der Waals surface area contributed by atoms with Crippen LogP contribution in [-0.4, -0.2) is 28.9 Å². The van der Waals surface area contributed by atoms with Gasteiger partial charge in [-0.3, -0.25) is 4.68 Å². The van der Waals surface area contributed by atoms with E-state index < -0.39 is 0 Å². The molecule has 15 heavy (non-hydrogen) atoms. The smallest absolute Gasteiger partial charge is 0.148 e. The van der Waals surface area contributed by atoms with Gasteiger partial charge in [0.25, 0.3) is 0 Å². The van der Waals surface area contributed by atoms with Crippen LogP contribution in [0.3, 0.4) is 0 Å². The Bertz CT molecular complexity index is 307. The van der Waals surface area contributed by atoms with Crippen molar-refractivity contribution in [1.29, 1.82) is 0 Å². The van der Waals surface area contributed by atoms with Crippen molar-refractivity contribution in [2.24, 2.45) is 13.0 Å². The van der Waals surface area contributed by atoms with Crippen LogP contribution in [0.1, 0.15) is 19.8 Å². The minimum Gasteiger partial charge on any atom is -0.367 e. The first-order valence-electron chi connectivity index (χ1n) is 5.72. The molecule has 2 atom stereocenters. The van der Waals surface area contributed by atoms with Gasteiger partial charge in [0.15, 0.2) is 0 Å². The molecule has 2 rings (SSSR count). The lowest BCUT2D eigenvalue weighted by Crippen LogP contribution is -2.44. The molecule has 0 spiro atoms. The van der Waals surface area contributed by atoms with Crippen LogP contribution in [0.15, 0.2) is 12.3 Å². The summed E-state index contributed by atoms with van der Waals surface area (Å²) in [6.07, 6.45) is 4.60. The summed E-state index contributed by atoms with van der Waals surface area (Å²) >= 11 is 0. The highest BCUT2D eigenvalue weighted by Gasteiger charge is 2.20. The lowest BCUT2D eigenvalue weighted by Gasteiger charge is -2.30. The van der Waals surface area contributed by atoms with E-state index in [2.05, 4.69) is 22.7 Å². The Kier molecular flexibility index (Phi) is 3.26. The van der Waals surface area contributed by atoms with Gasteiger partial charge in [0.1, 0.15) is 5.82 Å². The fraction of sp³-hybridized carbons (Fsp3) is 0.727. The van der Waals surface area contributed by atoms with Crippen molar-refractivity contribution >= 4 is 5.82 Å². The van der Waals surface area contributed by atoms with Crippen LogP contribution in [0.5, 0.6) is 0 Å². The van der Waals surface area contributed by atoms with Crippen LogP contribution >= 0.6 is 0 Å². The highest BCUT2D eigenvalue weighted by molar-refractivity contribution is 5.32. The van der Waals surface area contributed by atoms with Crippen molar-refractivity contribution in [3.63, 3.8) is 0 Å². The van der Waals surface area contributed by atoms with Crippen LogP contribution in [0, 0.1) is 5.92 Å². The largest absolute Gasteiger partial charge is 0.367 e. The van der Waals surface area contributed by atoms with Gasteiger partial charge in [0.2, 0.25) is 0 Å². The van der Waals surface area contributed by atoms with E-state index in [0.29, 0.717) is 6.04 Å². The Morgan fingerprint density at radius 3 is 3.20 bits per heavy atom. The fourth-order valence-corrected chi connectivity index (χ4v) is 2.11. The predicted molar refractivity (Wildman–Crippen MR) is 61.9 cm³/mol. The molecule has 4 nitrogen and oxygen atoms in total. The highest BCUT2D eigenvalue weighted by atomic mass is 15.3. The summed E-state index contributed by atoms with van der Waals surface area (Å²) in [4.78, 5) is 0. The molecule has 0 bridgehead atoms. The second-order valence-electron chi connectivity index (χ2n) is 4.44. The second kappa shape index (κ2) is 4.66. The molecule has 0 saturated carbocycles. The van der Waals surface area contributed by atoms with Crippen molar-refractivity contribution in [3.8, 4) is 0 Å². The SMILES string of the molecule is CC1CCCNC1CNc1ccn(C)n1. The lowest BCUT2D eigenvalue weighted by molar-refractivity contribution is 0.310. The van der Waals surface area contributed by atoms with Crippen LogP contribution in [0.25, 0.3) is 0 Å². The van der Waals surface area contributed by atoms with Crippen molar-refractivity contribution in [3.05, 3.63) is 12.3 Å². The summed E-state index contributed by atoms with van der Waals surface area (Å²) in [5, 5.41) is 11.2. The first-order chi connectivity index (χ1) is 7.25. The van der Waals surface area contributed by atoms with E-state index in [1.165, 1.54) is 12.8 Å². The summed E-state index contributed by atoms with van der Waals surface area (Å²) in [5.74, 6) is 1.73. The van der Waals surface area contributed by atoms with E-state index in [0.717, 1.165) is 24.8 Å². The predicted octanol–water partition coefficient (Wildman–Crippen LogP) is 1.22. The van der Waals surface area contributed by atoms with E-state index in [4.69, 9.17) is 0 Å². The number of piperidine rings is 1. The summed E-state index contributed by atoms with van der Waals surface area (Å²) in [6, 6.07) is 2.59. The molecule has 1 aromatic heterocycles. The summed E-state index contributed by atoms with van der Waals surface area (Å²) in [6.45, 7) is 4.44. The van der Waals surface area contributed by atoms with Crippen molar-refractivity contribution < 1.29 is 0 Å². The van der Waals surface area contributed by atoms with Crippen molar-refractivity contribution in [1.82, 2.24) is 15.1 Å². The van der Waals surface area contributed by atoms with E-state index >= 15 is 0 Å². The van der Waals surface area contributed by atoms with E-state index in [9.17, 15) is 0 Å². The minimum atomic E-state index is 0.584. The van der Waals surface area contributed by atoms with Crippen LogP contribution in [0.4, 0.5) is 5.82 Å². The molecule has 1 saturated heterocycles. The number of rotatable bonds is 3. The molecule has 0 radical (unpaired) electrons. The van der Waals surface area contributed by atoms with Gasteiger partial charge in [-0.25, -0.2) is 0 Å². The molecule has 2 heterocycles. The number of aryl methyl sites for hydroxylation is 1. The maximum absolute atomic E-state index is 4.30. The first-order valence-corrected chi connectivity index (χ1v) is 5.72. The zero-order valence-electron chi connectivity index (χ0n) is 9.53. The van der Waals surface area contributed by atoms with Gasteiger partial charge in [-0.05, 0) is 25.3 Å². The van der Waals surface area contributed by atoms with Crippen LogP contribution in [-0.2, 0) is 7.05 Å². The molecule has 2 unspecified atom stereocenters. The zero-order chi connectivity index (χ0) is 10.7. The lowest BCUT2D eigenvalue weighted by atomic mass is 9.93. The molecule has 1 aromatic rings. The van der Waals surface area contributed by atoms with E-state index in [1.54, 1.807) is 0 Å². The minimum absolute atomic E-state index is 0.584. The second-order valence-corrected chi connectivity index (χ2v) is 4.44. The average molecular weight is 208 g/mol. The normalized spacial score (nSPS) is 26.5.